The molecule has 1 amide bonds. The Kier molecular flexibility index (Phi) is 9.02. The summed E-state index contributed by atoms with van der Waals surface area (Å²) in [4.78, 5) is 13.2. The highest BCUT2D eigenvalue weighted by molar-refractivity contribution is 7.93. The van der Waals surface area contributed by atoms with Crippen molar-refractivity contribution in [3.63, 3.8) is 0 Å². The summed E-state index contributed by atoms with van der Waals surface area (Å²) in [6.45, 7) is 2.40. The zero-order valence-corrected chi connectivity index (χ0v) is 24.3. The molecule has 1 saturated heterocycles. The lowest BCUT2D eigenvalue weighted by molar-refractivity contribution is -0.119. The van der Waals surface area contributed by atoms with E-state index in [9.17, 15) is 21.6 Å². The molecule has 0 radical (unpaired) electrons. The van der Waals surface area contributed by atoms with E-state index in [4.69, 9.17) is 9.47 Å². The minimum absolute atomic E-state index is 0.0616. The maximum atomic E-state index is 13.8. The Bertz CT molecular complexity index is 1550. The van der Waals surface area contributed by atoms with Crippen molar-refractivity contribution in [2.24, 2.45) is 0 Å². The van der Waals surface area contributed by atoms with Crippen LogP contribution in [-0.4, -0.2) is 60.9 Å². The summed E-state index contributed by atoms with van der Waals surface area (Å²) >= 11 is 0. The first-order chi connectivity index (χ1) is 19.1. The predicted octanol–water partition coefficient (Wildman–Crippen LogP) is 3.31. The number of hydrogen-bond acceptors (Lipinski definition) is 7. The van der Waals surface area contributed by atoms with Gasteiger partial charge in [-0.05, 0) is 79.4 Å². The minimum Gasteiger partial charge on any atom is -0.497 e. The fourth-order valence-corrected chi connectivity index (χ4v) is 7.59. The number of hydrogen-bond donors (Lipinski definition) is 1. The molecule has 12 heteroatoms. The molecule has 214 valence electrons. The van der Waals surface area contributed by atoms with E-state index in [0.717, 1.165) is 17.1 Å². The quantitative estimate of drug-likeness (QED) is 0.365. The van der Waals surface area contributed by atoms with Gasteiger partial charge in [-0.1, -0.05) is 18.2 Å². The average Bonchev–Trinajstić information content (AvgIpc) is 3.51. The molecule has 0 unspecified atom stereocenters. The van der Waals surface area contributed by atoms with Crippen molar-refractivity contribution < 1.29 is 31.1 Å². The molecule has 1 N–H and O–H groups in total. The van der Waals surface area contributed by atoms with E-state index < -0.39 is 32.5 Å². The number of amides is 1. The molecular weight excluding hydrogens is 554 g/mol. The van der Waals surface area contributed by atoms with E-state index in [0.29, 0.717) is 30.0 Å². The number of nitrogens with one attached hydrogen (secondary N) is 1. The van der Waals surface area contributed by atoms with Gasteiger partial charge >= 0.3 is 0 Å². The smallest absolute Gasteiger partial charge is 0.268 e. The van der Waals surface area contributed by atoms with Gasteiger partial charge in [0.05, 0.1) is 24.8 Å². The van der Waals surface area contributed by atoms with Gasteiger partial charge in [0.25, 0.3) is 10.0 Å². The maximum absolute atomic E-state index is 13.8. The van der Waals surface area contributed by atoms with Gasteiger partial charge in [-0.3, -0.25) is 9.10 Å². The fraction of sp³-hybridized carbons (Fsp3) is 0.321. The number of sulfonamides is 2. The summed E-state index contributed by atoms with van der Waals surface area (Å²) < 4.78 is 66.2. The molecule has 1 heterocycles. The van der Waals surface area contributed by atoms with Crippen LogP contribution in [0.2, 0.25) is 0 Å². The van der Waals surface area contributed by atoms with Crippen LogP contribution >= 0.6 is 0 Å². The number of rotatable bonds is 11. The molecule has 4 rings (SSSR count). The summed E-state index contributed by atoms with van der Waals surface area (Å²) in [7, 11) is -4.86. The standard InChI is InChI=1S/C28H33N3O7S2/c1-21-6-15-26(38-3)27(18-21)40(35,36)31(23-9-11-24(37-2)12-10-23)20-28(32)29-19-22-7-13-25(14-8-22)39(33,34)30-16-4-5-17-30/h6-15,18H,4-5,16-17,19-20H2,1-3H3,(H,29,32). The van der Waals surface area contributed by atoms with Crippen LogP contribution in [-0.2, 0) is 31.4 Å². The Morgan fingerprint density at radius 1 is 0.900 bits per heavy atom. The van der Waals surface area contributed by atoms with E-state index in [1.165, 1.54) is 36.7 Å². The van der Waals surface area contributed by atoms with E-state index in [1.807, 2.05) is 0 Å². The van der Waals surface area contributed by atoms with Gasteiger partial charge in [0.1, 0.15) is 22.9 Å². The minimum atomic E-state index is -4.21. The van der Waals surface area contributed by atoms with Crippen molar-refractivity contribution in [3.8, 4) is 11.5 Å². The van der Waals surface area contributed by atoms with Crippen molar-refractivity contribution >= 4 is 31.6 Å². The molecule has 0 bridgehead atoms. The van der Waals surface area contributed by atoms with Gasteiger partial charge in [0.15, 0.2) is 0 Å². The van der Waals surface area contributed by atoms with Crippen LogP contribution < -0.4 is 19.1 Å². The molecule has 3 aromatic rings. The van der Waals surface area contributed by atoms with Gasteiger partial charge in [-0.15, -0.1) is 0 Å². The lowest BCUT2D eigenvalue weighted by Gasteiger charge is -2.25. The maximum Gasteiger partial charge on any atom is 0.268 e. The van der Waals surface area contributed by atoms with E-state index in [-0.39, 0.29) is 27.8 Å². The van der Waals surface area contributed by atoms with E-state index >= 15 is 0 Å². The molecule has 0 atom stereocenters. The number of anilines is 1. The zero-order valence-electron chi connectivity index (χ0n) is 22.7. The highest BCUT2D eigenvalue weighted by Crippen LogP contribution is 2.31. The highest BCUT2D eigenvalue weighted by atomic mass is 32.2. The van der Waals surface area contributed by atoms with Crippen molar-refractivity contribution in [1.29, 1.82) is 0 Å². The van der Waals surface area contributed by atoms with Crippen LogP contribution in [0.5, 0.6) is 11.5 Å². The first-order valence-corrected chi connectivity index (χ1v) is 15.6. The lowest BCUT2D eigenvalue weighted by atomic mass is 10.2. The van der Waals surface area contributed by atoms with E-state index in [2.05, 4.69) is 5.32 Å². The second-order valence-electron chi connectivity index (χ2n) is 9.40. The van der Waals surface area contributed by atoms with Gasteiger partial charge in [0, 0.05) is 19.6 Å². The molecule has 10 nitrogen and oxygen atoms in total. The molecule has 1 aliphatic rings. The fourth-order valence-electron chi connectivity index (χ4n) is 4.41. The first-order valence-electron chi connectivity index (χ1n) is 12.7. The van der Waals surface area contributed by atoms with Gasteiger partial charge in [-0.2, -0.15) is 4.31 Å². The number of carbonyl (C=O) groups excluding carboxylic acids is 1. The second kappa shape index (κ2) is 12.3. The molecule has 1 aliphatic heterocycles. The summed E-state index contributed by atoms with van der Waals surface area (Å²) in [6.07, 6.45) is 1.70. The van der Waals surface area contributed by atoms with Crippen LogP contribution in [0.4, 0.5) is 5.69 Å². The SMILES string of the molecule is COc1ccc(N(CC(=O)NCc2ccc(S(=O)(=O)N3CCCC3)cc2)S(=O)(=O)c2cc(C)ccc2OC)cc1. The molecule has 0 saturated carbocycles. The zero-order chi connectivity index (χ0) is 28.9. The number of ether oxygens (including phenoxy) is 2. The molecule has 1 fully saturated rings. The number of carbonyl (C=O) groups is 1. The monoisotopic (exact) mass is 587 g/mol. The Morgan fingerprint density at radius 3 is 2.15 bits per heavy atom. The van der Waals surface area contributed by atoms with Crippen molar-refractivity contribution in [1.82, 2.24) is 9.62 Å². The normalized spacial score (nSPS) is 14.1. The molecular formula is C28H33N3O7S2. The lowest BCUT2D eigenvalue weighted by Crippen LogP contribution is -2.40. The summed E-state index contributed by atoms with van der Waals surface area (Å²) in [5.41, 5.74) is 1.66. The molecule has 0 aromatic heterocycles. The van der Waals surface area contributed by atoms with Crippen molar-refractivity contribution in [3.05, 3.63) is 77.9 Å². The Labute approximate surface area is 235 Å². The van der Waals surface area contributed by atoms with Crippen molar-refractivity contribution in [2.45, 2.75) is 36.1 Å². The third-order valence-electron chi connectivity index (χ3n) is 6.65. The third kappa shape index (κ3) is 6.40. The molecule has 0 aliphatic carbocycles. The Hall–Kier alpha value is -3.61. The van der Waals surface area contributed by atoms with E-state index in [1.54, 1.807) is 55.5 Å². The number of nitrogens with zero attached hydrogens (tertiary/aromatic N) is 2. The highest BCUT2D eigenvalue weighted by Gasteiger charge is 2.30. The van der Waals surface area contributed by atoms with Gasteiger partial charge < -0.3 is 14.8 Å². The molecule has 3 aromatic carbocycles. The van der Waals surface area contributed by atoms with Crippen LogP contribution in [0.25, 0.3) is 0 Å². The van der Waals surface area contributed by atoms with Gasteiger partial charge in [0.2, 0.25) is 15.9 Å². The topological polar surface area (TPSA) is 122 Å². The van der Waals surface area contributed by atoms with Crippen LogP contribution in [0.3, 0.4) is 0 Å². The Morgan fingerprint density at radius 2 is 1.55 bits per heavy atom. The number of aryl methyl sites for hydroxylation is 1. The van der Waals surface area contributed by atoms with Gasteiger partial charge in [-0.25, -0.2) is 16.8 Å². The van der Waals surface area contributed by atoms with Crippen LogP contribution in [0.15, 0.2) is 76.5 Å². The van der Waals surface area contributed by atoms with Crippen molar-refractivity contribution in [2.75, 3.05) is 38.2 Å². The summed E-state index contributed by atoms with van der Waals surface area (Å²) in [5, 5.41) is 2.74. The molecule has 40 heavy (non-hydrogen) atoms. The largest absolute Gasteiger partial charge is 0.497 e. The number of methoxy groups -OCH3 is 2. The third-order valence-corrected chi connectivity index (χ3v) is 10.4. The Balaban J connectivity index is 1.53. The summed E-state index contributed by atoms with van der Waals surface area (Å²) in [6, 6.07) is 17.5. The second-order valence-corrected chi connectivity index (χ2v) is 13.2. The van der Waals surface area contributed by atoms with Crippen LogP contribution in [0, 0.1) is 6.92 Å². The predicted molar refractivity (Wildman–Crippen MR) is 152 cm³/mol. The number of benzene rings is 3. The molecule has 0 spiro atoms. The van der Waals surface area contributed by atoms with Crippen LogP contribution in [0.1, 0.15) is 24.0 Å². The summed E-state index contributed by atoms with van der Waals surface area (Å²) in [5.74, 6) is 0.155. The first kappa shape index (κ1) is 29.4. The average molecular weight is 588 g/mol.